The highest BCUT2D eigenvalue weighted by Crippen LogP contribution is 2.38. The lowest BCUT2D eigenvalue weighted by Crippen LogP contribution is -2.44. The maximum absolute atomic E-state index is 12.8. The molecular formula is C18H24N2O6S. The van der Waals surface area contributed by atoms with Gasteiger partial charge in [0.1, 0.15) is 0 Å². The third-order valence-electron chi connectivity index (χ3n) is 6.23. The molecule has 1 aliphatic carbocycles. The number of nitrogens with zero attached hydrogens (tertiary/aromatic N) is 2. The summed E-state index contributed by atoms with van der Waals surface area (Å²) in [5.74, 6) is -0.392. The van der Waals surface area contributed by atoms with E-state index in [0.717, 1.165) is 19.2 Å². The molecule has 2 aliphatic heterocycles. The Morgan fingerprint density at radius 1 is 1.04 bits per heavy atom. The summed E-state index contributed by atoms with van der Waals surface area (Å²) < 4.78 is 31.5. The minimum absolute atomic E-state index is 0.138. The molecule has 0 spiro atoms. The molecule has 2 atom stereocenters. The molecule has 0 radical (unpaired) electrons. The topological polar surface area (TPSA) is 108 Å². The second-order valence-electron chi connectivity index (χ2n) is 7.80. The Morgan fingerprint density at radius 3 is 2.22 bits per heavy atom. The van der Waals surface area contributed by atoms with Crippen molar-refractivity contribution in [2.75, 3.05) is 26.2 Å². The standard InChI is InChI=1S/C18H24N2O6S/c21-17(19-10-13-2-1-3-14(13)11-19)12-6-8-20(9-7-12)27(24,25)16-5-4-15(26-16)18(22)23/h4-5,12-14H,1-3,6-11H2,(H,22,23). The fourth-order valence-electron chi connectivity index (χ4n) is 4.72. The minimum Gasteiger partial charge on any atom is -0.475 e. The molecule has 148 valence electrons. The van der Waals surface area contributed by atoms with Crippen LogP contribution in [-0.4, -0.2) is 60.8 Å². The number of carbonyl (C=O) groups excluding carboxylic acids is 1. The number of hydrogen-bond acceptors (Lipinski definition) is 5. The van der Waals surface area contributed by atoms with E-state index in [4.69, 9.17) is 9.52 Å². The van der Waals surface area contributed by atoms with Gasteiger partial charge in [-0.25, -0.2) is 13.2 Å². The van der Waals surface area contributed by atoms with Crippen molar-refractivity contribution in [3.8, 4) is 0 Å². The van der Waals surface area contributed by atoms with Crippen molar-refractivity contribution < 1.29 is 27.5 Å². The van der Waals surface area contributed by atoms with Crippen LogP contribution >= 0.6 is 0 Å². The van der Waals surface area contributed by atoms with Crippen molar-refractivity contribution in [3.63, 3.8) is 0 Å². The molecule has 4 rings (SSSR count). The number of amides is 1. The Bertz CT molecular complexity index is 828. The van der Waals surface area contributed by atoms with Gasteiger partial charge in [0, 0.05) is 32.1 Å². The Balaban J connectivity index is 1.36. The van der Waals surface area contributed by atoms with Gasteiger partial charge in [-0.2, -0.15) is 4.31 Å². The zero-order chi connectivity index (χ0) is 19.2. The molecule has 3 aliphatic rings. The highest BCUT2D eigenvalue weighted by atomic mass is 32.2. The average molecular weight is 396 g/mol. The molecule has 3 fully saturated rings. The number of carboxylic acid groups (broad SMARTS) is 1. The number of piperidine rings is 1. The Hall–Kier alpha value is -1.87. The van der Waals surface area contributed by atoms with Gasteiger partial charge in [-0.15, -0.1) is 0 Å². The van der Waals surface area contributed by atoms with Gasteiger partial charge in [-0.05, 0) is 49.7 Å². The molecule has 0 aromatic carbocycles. The Morgan fingerprint density at radius 2 is 1.67 bits per heavy atom. The predicted octanol–water partition coefficient (Wildman–Crippen LogP) is 1.64. The van der Waals surface area contributed by atoms with Gasteiger partial charge >= 0.3 is 5.97 Å². The van der Waals surface area contributed by atoms with Crippen molar-refractivity contribution >= 4 is 21.9 Å². The number of fused-ring (bicyclic) bond motifs is 1. The highest BCUT2D eigenvalue weighted by Gasteiger charge is 2.41. The fraction of sp³-hybridized carbons (Fsp3) is 0.667. The van der Waals surface area contributed by atoms with Gasteiger partial charge in [0.15, 0.2) is 0 Å². The first-order chi connectivity index (χ1) is 12.9. The van der Waals surface area contributed by atoms with Crippen LogP contribution < -0.4 is 0 Å². The maximum Gasteiger partial charge on any atom is 0.371 e. The lowest BCUT2D eigenvalue weighted by atomic mass is 9.96. The summed E-state index contributed by atoms with van der Waals surface area (Å²) in [7, 11) is -3.88. The summed E-state index contributed by atoms with van der Waals surface area (Å²) in [6.45, 7) is 2.18. The van der Waals surface area contributed by atoms with E-state index in [2.05, 4.69) is 0 Å². The number of sulfonamides is 1. The van der Waals surface area contributed by atoms with Crippen LogP contribution in [0.1, 0.15) is 42.7 Å². The van der Waals surface area contributed by atoms with Crippen molar-refractivity contribution in [2.24, 2.45) is 17.8 Å². The van der Waals surface area contributed by atoms with Gasteiger partial charge in [0.25, 0.3) is 10.0 Å². The maximum atomic E-state index is 12.8. The lowest BCUT2D eigenvalue weighted by Gasteiger charge is -2.32. The summed E-state index contributed by atoms with van der Waals surface area (Å²) in [6.07, 6.45) is 4.66. The number of furan rings is 1. The molecule has 1 aromatic rings. The van der Waals surface area contributed by atoms with Crippen LogP contribution in [0.25, 0.3) is 0 Å². The van der Waals surface area contributed by atoms with Crippen LogP contribution in [0.3, 0.4) is 0 Å². The van der Waals surface area contributed by atoms with E-state index in [9.17, 15) is 18.0 Å². The van der Waals surface area contributed by atoms with Gasteiger partial charge in [0.05, 0.1) is 0 Å². The van der Waals surface area contributed by atoms with E-state index in [1.165, 1.54) is 29.6 Å². The van der Waals surface area contributed by atoms with Crippen LogP contribution in [0.2, 0.25) is 0 Å². The minimum atomic E-state index is -3.88. The van der Waals surface area contributed by atoms with Crippen molar-refractivity contribution in [3.05, 3.63) is 17.9 Å². The SMILES string of the molecule is O=C(O)c1ccc(S(=O)(=O)N2CCC(C(=O)N3CC4CCCC4C3)CC2)o1. The first-order valence-corrected chi connectivity index (χ1v) is 10.9. The summed E-state index contributed by atoms with van der Waals surface area (Å²) in [5.41, 5.74) is 0. The number of rotatable bonds is 4. The second-order valence-corrected chi connectivity index (χ2v) is 9.67. The Kier molecular flexibility index (Phi) is 4.75. The van der Waals surface area contributed by atoms with E-state index < -0.39 is 21.8 Å². The first kappa shape index (κ1) is 18.5. The summed E-state index contributed by atoms with van der Waals surface area (Å²) in [4.78, 5) is 25.7. The quantitative estimate of drug-likeness (QED) is 0.829. The van der Waals surface area contributed by atoms with Crippen LogP contribution in [-0.2, 0) is 14.8 Å². The molecule has 2 saturated heterocycles. The van der Waals surface area contributed by atoms with Crippen molar-refractivity contribution in [2.45, 2.75) is 37.2 Å². The molecule has 1 N–H and O–H groups in total. The molecule has 1 amide bonds. The van der Waals surface area contributed by atoms with Crippen LogP contribution in [0, 0.1) is 17.8 Å². The number of hydrogen-bond donors (Lipinski definition) is 1. The summed E-state index contributed by atoms with van der Waals surface area (Å²) in [6, 6.07) is 2.30. The first-order valence-electron chi connectivity index (χ1n) is 9.48. The predicted molar refractivity (Wildman–Crippen MR) is 94.6 cm³/mol. The average Bonchev–Trinajstić information content (AvgIpc) is 3.36. The van der Waals surface area contributed by atoms with Gasteiger partial charge < -0.3 is 14.4 Å². The lowest BCUT2D eigenvalue weighted by molar-refractivity contribution is -0.136. The van der Waals surface area contributed by atoms with Crippen LogP contribution in [0.15, 0.2) is 21.6 Å². The highest BCUT2D eigenvalue weighted by molar-refractivity contribution is 7.89. The molecule has 3 heterocycles. The zero-order valence-corrected chi connectivity index (χ0v) is 15.9. The van der Waals surface area contributed by atoms with E-state index >= 15 is 0 Å². The third kappa shape index (κ3) is 3.38. The molecule has 9 heteroatoms. The molecule has 8 nitrogen and oxygen atoms in total. The van der Waals surface area contributed by atoms with E-state index in [1.54, 1.807) is 0 Å². The van der Waals surface area contributed by atoms with Crippen LogP contribution in [0.5, 0.6) is 0 Å². The van der Waals surface area contributed by atoms with Gasteiger partial charge in [0.2, 0.25) is 16.8 Å². The monoisotopic (exact) mass is 396 g/mol. The van der Waals surface area contributed by atoms with Crippen LogP contribution in [0.4, 0.5) is 0 Å². The normalized spacial score (nSPS) is 27.0. The smallest absolute Gasteiger partial charge is 0.371 e. The number of aromatic carboxylic acids is 1. The molecule has 1 saturated carbocycles. The van der Waals surface area contributed by atoms with Gasteiger partial charge in [-0.3, -0.25) is 4.79 Å². The number of carboxylic acids is 1. The van der Waals surface area contributed by atoms with Gasteiger partial charge in [-0.1, -0.05) is 6.42 Å². The molecule has 27 heavy (non-hydrogen) atoms. The molecule has 0 bridgehead atoms. The van der Waals surface area contributed by atoms with Crippen molar-refractivity contribution in [1.82, 2.24) is 9.21 Å². The Labute approximate surface area is 158 Å². The number of carbonyl (C=O) groups is 2. The molecular weight excluding hydrogens is 372 g/mol. The zero-order valence-electron chi connectivity index (χ0n) is 15.0. The molecule has 2 unspecified atom stereocenters. The summed E-state index contributed by atoms with van der Waals surface area (Å²) >= 11 is 0. The fourth-order valence-corrected chi connectivity index (χ4v) is 6.10. The van der Waals surface area contributed by atoms with E-state index in [0.29, 0.717) is 24.7 Å². The van der Waals surface area contributed by atoms with E-state index in [1.807, 2.05) is 4.90 Å². The number of likely N-dealkylation sites (tertiary alicyclic amines) is 1. The largest absolute Gasteiger partial charge is 0.475 e. The summed E-state index contributed by atoms with van der Waals surface area (Å²) in [5, 5.41) is 8.52. The second kappa shape index (κ2) is 6.94. The third-order valence-corrected chi connectivity index (χ3v) is 8.00. The molecule has 1 aromatic heterocycles. The van der Waals surface area contributed by atoms with Crippen molar-refractivity contribution in [1.29, 1.82) is 0 Å². The van der Waals surface area contributed by atoms with E-state index in [-0.39, 0.29) is 30.0 Å².